The first-order valence-electron chi connectivity index (χ1n) is 6.87. The molecule has 1 aromatic heterocycles. The second kappa shape index (κ2) is 6.64. The van der Waals surface area contributed by atoms with Gasteiger partial charge in [-0.15, -0.1) is 0 Å². The van der Waals surface area contributed by atoms with E-state index in [9.17, 15) is 0 Å². The van der Waals surface area contributed by atoms with E-state index < -0.39 is 0 Å². The van der Waals surface area contributed by atoms with Crippen molar-refractivity contribution in [3.63, 3.8) is 0 Å². The van der Waals surface area contributed by atoms with Crippen molar-refractivity contribution in [1.29, 1.82) is 0 Å². The number of likely N-dealkylation sites (tertiary alicyclic amines) is 1. The first kappa shape index (κ1) is 12.4. The van der Waals surface area contributed by atoms with E-state index in [1.54, 1.807) is 0 Å². The van der Waals surface area contributed by atoms with E-state index in [-0.39, 0.29) is 0 Å². The summed E-state index contributed by atoms with van der Waals surface area (Å²) in [5, 5.41) is 3.40. The van der Waals surface area contributed by atoms with Gasteiger partial charge in [0.05, 0.1) is 0 Å². The topological polar surface area (TPSA) is 33.1 Å². The Hall–Kier alpha value is -1.03. The Balaban J connectivity index is 1.76. The van der Waals surface area contributed by atoms with Crippen molar-refractivity contribution >= 4 is 5.95 Å². The number of rotatable bonds is 7. The standard InChI is InChI=1S/C13H24N4/c1-2-3-6-14-13-15-7-10-17(13)12-11-16-8-4-5-9-16/h7,10H,2-6,8-9,11-12H2,1H3,(H,14,15). The highest BCUT2D eigenvalue weighted by atomic mass is 15.2. The van der Waals surface area contributed by atoms with E-state index in [0.29, 0.717) is 0 Å². The van der Waals surface area contributed by atoms with Gasteiger partial charge in [0.1, 0.15) is 0 Å². The maximum Gasteiger partial charge on any atom is 0.202 e. The molecule has 0 aliphatic carbocycles. The fourth-order valence-electron chi connectivity index (χ4n) is 2.29. The second-order valence-corrected chi connectivity index (χ2v) is 4.77. The van der Waals surface area contributed by atoms with Crippen LogP contribution in [0, 0.1) is 0 Å². The van der Waals surface area contributed by atoms with E-state index in [0.717, 1.165) is 25.6 Å². The van der Waals surface area contributed by atoms with Crippen LogP contribution in [0.4, 0.5) is 5.95 Å². The van der Waals surface area contributed by atoms with Crippen molar-refractivity contribution in [3.05, 3.63) is 12.4 Å². The third-order valence-corrected chi connectivity index (χ3v) is 3.38. The van der Waals surface area contributed by atoms with Crippen LogP contribution < -0.4 is 5.32 Å². The van der Waals surface area contributed by atoms with Crippen molar-refractivity contribution in [2.24, 2.45) is 0 Å². The molecular formula is C13H24N4. The Kier molecular flexibility index (Phi) is 4.86. The van der Waals surface area contributed by atoms with Gasteiger partial charge in [-0.1, -0.05) is 13.3 Å². The van der Waals surface area contributed by atoms with Crippen LogP contribution in [-0.2, 0) is 6.54 Å². The molecule has 1 aliphatic heterocycles. The van der Waals surface area contributed by atoms with Crippen molar-refractivity contribution in [2.45, 2.75) is 39.2 Å². The van der Waals surface area contributed by atoms with Gasteiger partial charge in [0.2, 0.25) is 5.95 Å². The monoisotopic (exact) mass is 236 g/mol. The van der Waals surface area contributed by atoms with E-state index >= 15 is 0 Å². The van der Waals surface area contributed by atoms with Gasteiger partial charge in [0.15, 0.2) is 0 Å². The molecular weight excluding hydrogens is 212 g/mol. The van der Waals surface area contributed by atoms with E-state index in [4.69, 9.17) is 0 Å². The van der Waals surface area contributed by atoms with Crippen LogP contribution in [0.3, 0.4) is 0 Å². The minimum atomic E-state index is 1.03. The molecule has 4 nitrogen and oxygen atoms in total. The predicted molar refractivity (Wildman–Crippen MR) is 71.3 cm³/mol. The summed E-state index contributed by atoms with van der Waals surface area (Å²) < 4.78 is 2.23. The highest BCUT2D eigenvalue weighted by molar-refractivity contribution is 5.25. The van der Waals surface area contributed by atoms with Gasteiger partial charge in [0.25, 0.3) is 0 Å². The largest absolute Gasteiger partial charge is 0.356 e. The highest BCUT2D eigenvalue weighted by Gasteiger charge is 2.11. The number of imidazole rings is 1. The molecule has 2 rings (SSSR count). The number of nitrogens with zero attached hydrogens (tertiary/aromatic N) is 3. The number of aromatic nitrogens is 2. The molecule has 0 saturated carbocycles. The lowest BCUT2D eigenvalue weighted by Crippen LogP contribution is -2.24. The Bertz CT molecular complexity index is 315. The Morgan fingerprint density at radius 3 is 2.88 bits per heavy atom. The average Bonchev–Trinajstić information content (AvgIpc) is 2.97. The maximum atomic E-state index is 4.37. The van der Waals surface area contributed by atoms with Crippen LogP contribution in [0.2, 0.25) is 0 Å². The van der Waals surface area contributed by atoms with Crippen molar-refractivity contribution in [2.75, 3.05) is 31.5 Å². The van der Waals surface area contributed by atoms with E-state index in [1.165, 1.54) is 38.8 Å². The van der Waals surface area contributed by atoms with Gasteiger partial charge in [-0.25, -0.2) is 4.98 Å². The SMILES string of the molecule is CCCCNc1nccn1CCN1CCCC1. The molecule has 1 saturated heterocycles. The zero-order chi connectivity index (χ0) is 11.9. The Labute approximate surface area is 104 Å². The molecule has 1 N–H and O–H groups in total. The van der Waals surface area contributed by atoms with Gasteiger partial charge in [0, 0.05) is 32.0 Å². The molecule has 2 heterocycles. The van der Waals surface area contributed by atoms with Crippen LogP contribution >= 0.6 is 0 Å². The summed E-state index contributed by atoms with van der Waals surface area (Å²) in [6.07, 6.45) is 9.13. The van der Waals surface area contributed by atoms with Gasteiger partial charge in [-0.05, 0) is 32.4 Å². The van der Waals surface area contributed by atoms with Crippen molar-refractivity contribution in [1.82, 2.24) is 14.5 Å². The quantitative estimate of drug-likeness (QED) is 0.737. The molecule has 4 heteroatoms. The normalized spacial score (nSPS) is 16.5. The molecule has 0 radical (unpaired) electrons. The van der Waals surface area contributed by atoms with Crippen LogP contribution in [-0.4, -0.2) is 40.6 Å². The fraction of sp³-hybridized carbons (Fsp3) is 0.769. The summed E-state index contributed by atoms with van der Waals surface area (Å²) in [4.78, 5) is 6.90. The third kappa shape index (κ3) is 3.73. The lowest BCUT2D eigenvalue weighted by atomic mass is 10.3. The van der Waals surface area contributed by atoms with Crippen LogP contribution in [0.15, 0.2) is 12.4 Å². The third-order valence-electron chi connectivity index (χ3n) is 3.38. The minimum Gasteiger partial charge on any atom is -0.356 e. The Morgan fingerprint density at radius 1 is 1.29 bits per heavy atom. The highest BCUT2D eigenvalue weighted by Crippen LogP contribution is 2.09. The zero-order valence-corrected chi connectivity index (χ0v) is 10.9. The predicted octanol–water partition coefficient (Wildman–Crippen LogP) is 2.19. The summed E-state index contributed by atoms with van der Waals surface area (Å²) in [5.41, 5.74) is 0. The Morgan fingerprint density at radius 2 is 2.12 bits per heavy atom. The van der Waals surface area contributed by atoms with Crippen molar-refractivity contribution in [3.8, 4) is 0 Å². The lowest BCUT2D eigenvalue weighted by Gasteiger charge is -2.16. The van der Waals surface area contributed by atoms with Crippen molar-refractivity contribution < 1.29 is 0 Å². The number of hydrogen-bond donors (Lipinski definition) is 1. The first-order valence-corrected chi connectivity index (χ1v) is 6.87. The van der Waals surface area contributed by atoms with Gasteiger partial charge < -0.3 is 14.8 Å². The molecule has 0 spiro atoms. The molecule has 1 aromatic rings. The number of hydrogen-bond acceptors (Lipinski definition) is 3. The molecule has 0 unspecified atom stereocenters. The summed E-state index contributed by atoms with van der Waals surface area (Å²) in [6, 6.07) is 0. The molecule has 17 heavy (non-hydrogen) atoms. The lowest BCUT2D eigenvalue weighted by molar-refractivity contribution is 0.323. The summed E-state index contributed by atoms with van der Waals surface area (Å²) in [6.45, 7) is 7.98. The summed E-state index contributed by atoms with van der Waals surface area (Å²) in [7, 11) is 0. The number of anilines is 1. The maximum absolute atomic E-state index is 4.37. The number of nitrogens with one attached hydrogen (secondary N) is 1. The molecule has 1 fully saturated rings. The van der Waals surface area contributed by atoms with Crippen LogP contribution in [0.1, 0.15) is 32.6 Å². The van der Waals surface area contributed by atoms with E-state index in [1.807, 2.05) is 6.20 Å². The fourth-order valence-corrected chi connectivity index (χ4v) is 2.29. The van der Waals surface area contributed by atoms with Gasteiger partial charge in [-0.3, -0.25) is 0 Å². The molecule has 0 amide bonds. The molecule has 0 atom stereocenters. The zero-order valence-electron chi connectivity index (χ0n) is 10.9. The number of unbranched alkanes of at least 4 members (excludes halogenated alkanes) is 1. The second-order valence-electron chi connectivity index (χ2n) is 4.77. The van der Waals surface area contributed by atoms with Gasteiger partial charge >= 0.3 is 0 Å². The van der Waals surface area contributed by atoms with E-state index in [2.05, 4.69) is 32.9 Å². The molecule has 0 aromatic carbocycles. The molecule has 0 bridgehead atoms. The summed E-state index contributed by atoms with van der Waals surface area (Å²) in [5.74, 6) is 1.03. The average molecular weight is 236 g/mol. The molecule has 1 aliphatic rings. The van der Waals surface area contributed by atoms with Gasteiger partial charge in [-0.2, -0.15) is 0 Å². The minimum absolute atomic E-state index is 1.03. The van der Waals surface area contributed by atoms with Crippen LogP contribution in [0.25, 0.3) is 0 Å². The first-order chi connectivity index (χ1) is 8.40. The summed E-state index contributed by atoms with van der Waals surface area (Å²) >= 11 is 0. The molecule has 96 valence electrons. The smallest absolute Gasteiger partial charge is 0.202 e. The van der Waals surface area contributed by atoms with Crippen LogP contribution in [0.5, 0.6) is 0 Å².